The van der Waals surface area contributed by atoms with Gasteiger partial charge in [-0.2, -0.15) is 14.5 Å². The summed E-state index contributed by atoms with van der Waals surface area (Å²) in [6.45, 7) is 2.19. The number of aromatic nitrogens is 2. The number of aliphatic hydroxyl groups is 4. The number of quaternary nitrogens is 1. The lowest BCUT2D eigenvalue weighted by Gasteiger charge is -2.39. The summed E-state index contributed by atoms with van der Waals surface area (Å²) >= 11 is 0. The van der Waals surface area contributed by atoms with Crippen LogP contribution in [0.2, 0.25) is 0 Å². The first-order valence-corrected chi connectivity index (χ1v) is 10.0. The number of hydrogen-bond acceptors (Lipinski definition) is 11. The molecule has 12 heteroatoms. The molecule has 2 fully saturated rings. The second-order valence-electron chi connectivity index (χ2n) is 7.75. The van der Waals surface area contributed by atoms with E-state index in [4.69, 9.17) is 19.9 Å². The lowest BCUT2D eigenvalue weighted by atomic mass is 10.1. The Kier molecular flexibility index (Phi) is 6.01. The van der Waals surface area contributed by atoms with Crippen molar-refractivity contribution in [2.45, 2.75) is 62.7 Å². The fourth-order valence-corrected chi connectivity index (χ4v) is 4.27. The highest BCUT2D eigenvalue weighted by molar-refractivity contribution is 5.91. The molecule has 4 rings (SSSR count). The van der Waals surface area contributed by atoms with Gasteiger partial charge in [0, 0.05) is 6.61 Å². The number of aliphatic hydroxyl groups excluding tert-OH is 4. The monoisotopic (exact) mass is 426 g/mol. The predicted molar refractivity (Wildman–Crippen MR) is 105 cm³/mol. The van der Waals surface area contributed by atoms with Crippen molar-refractivity contribution in [2.24, 2.45) is 4.99 Å². The van der Waals surface area contributed by atoms with E-state index in [1.54, 1.807) is 0 Å². The Balaban J connectivity index is 1.72. The van der Waals surface area contributed by atoms with E-state index in [1.807, 2.05) is 6.92 Å². The molecule has 4 heterocycles. The molecule has 2 saturated heterocycles. The molecule has 0 amide bonds. The van der Waals surface area contributed by atoms with Gasteiger partial charge in [-0.3, -0.25) is 0 Å². The zero-order chi connectivity index (χ0) is 21.5. The van der Waals surface area contributed by atoms with Crippen LogP contribution in [0.4, 0.5) is 17.3 Å². The van der Waals surface area contributed by atoms with Crippen molar-refractivity contribution in [1.82, 2.24) is 14.5 Å². The van der Waals surface area contributed by atoms with E-state index in [0.29, 0.717) is 18.1 Å². The van der Waals surface area contributed by atoms with Crippen LogP contribution >= 0.6 is 0 Å². The number of rotatable bonds is 7. The first kappa shape index (κ1) is 21.5. The number of nitrogen functional groups attached to an aromatic ring is 1. The average Bonchev–Trinajstić information content (AvgIpc) is 3.39. The second kappa shape index (κ2) is 8.40. The Labute approximate surface area is 173 Å². The normalized spacial score (nSPS) is 40.2. The van der Waals surface area contributed by atoms with Gasteiger partial charge in [0.15, 0.2) is 17.6 Å². The maximum absolute atomic E-state index is 10.9. The third-order valence-electron chi connectivity index (χ3n) is 5.83. The largest absolute Gasteiger partial charge is 0.394 e. The molecule has 3 aliphatic heterocycles. The molecule has 0 radical (unpaired) electrons. The molecule has 6 N–H and O–H groups in total. The summed E-state index contributed by atoms with van der Waals surface area (Å²) in [7, 11) is 0. The molecule has 3 aliphatic rings. The Hall–Kier alpha value is -1.77. The van der Waals surface area contributed by atoms with Gasteiger partial charge in [0.05, 0.1) is 25.7 Å². The number of hydrogen-bond donors (Lipinski definition) is 5. The van der Waals surface area contributed by atoms with Crippen molar-refractivity contribution in [3.05, 3.63) is 6.33 Å². The summed E-state index contributed by atoms with van der Waals surface area (Å²) in [6.07, 6.45) is -3.21. The Bertz CT molecular complexity index is 798. The van der Waals surface area contributed by atoms with E-state index in [1.165, 1.54) is 12.7 Å². The SMILES string of the molecule is CCCOC[C@H]1O[C@@H]([N+]2([C@@H]3C[C@H](O)[C@@H](CO)O3)C=Nc3c(N)ncnc32)[C@H](O)[C@@H]1O. The minimum atomic E-state index is -1.32. The van der Waals surface area contributed by atoms with Gasteiger partial charge < -0.3 is 40.4 Å². The fourth-order valence-electron chi connectivity index (χ4n) is 4.27. The van der Waals surface area contributed by atoms with Crippen molar-refractivity contribution in [3.8, 4) is 0 Å². The molecule has 0 aliphatic carbocycles. The molecule has 0 saturated carbocycles. The number of nitrogens with two attached hydrogens (primary N) is 1. The van der Waals surface area contributed by atoms with Crippen molar-refractivity contribution in [2.75, 3.05) is 25.6 Å². The number of anilines is 1. The summed E-state index contributed by atoms with van der Waals surface area (Å²) in [4.78, 5) is 12.6. The molecule has 1 aromatic rings. The van der Waals surface area contributed by atoms with Crippen molar-refractivity contribution in [1.29, 1.82) is 0 Å². The smallest absolute Gasteiger partial charge is 0.269 e. The first-order chi connectivity index (χ1) is 14.4. The molecule has 0 bridgehead atoms. The number of ether oxygens (including phenoxy) is 3. The van der Waals surface area contributed by atoms with Gasteiger partial charge in [-0.15, -0.1) is 0 Å². The lowest BCUT2D eigenvalue weighted by molar-refractivity contribution is -0.135. The zero-order valence-corrected chi connectivity index (χ0v) is 16.6. The van der Waals surface area contributed by atoms with Crippen LogP contribution in [0.15, 0.2) is 11.3 Å². The third-order valence-corrected chi connectivity index (χ3v) is 5.83. The quantitative estimate of drug-likeness (QED) is 0.252. The summed E-state index contributed by atoms with van der Waals surface area (Å²) in [6, 6.07) is 0. The summed E-state index contributed by atoms with van der Waals surface area (Å²) in [5.74, 6) is 0.467. The molecular weight excluding hydrogens is 398 g/mol. The molecule has 0 aromatic carbocycles. The topological polar surface area (TPSA) is 173 Å². The van der Waals surface area contributed by atoms with Crippen LogP contribution in [0.25, 0.3) is 0 Å². The van der Waals surface area contributed by atoms with E-state index < -0.39 is 43.0 Å². The summed E-state index contributed by atoms with van der Waals surface area (Å²) < 4.78 is 17.1. The number of fused-ring (bicyclic) bond motifs is 1. The van der Waals surface area contributed by atoms with Crippen molar-refractivity contribution in [3.63, 3.8) is 0 Å². The third kappa shape index (κ3) is 3.29. The van der Waals surface area contributed by atoms with E-state index in [9.17, 15) is 20.4 Å². The van der Waals surface area contributed by atoms with Crippen LogP contribution in [0.3, 0.4) is 0 Å². The Morgan fingerprint density at radius 3 is 2.70 bits per heavy atom. The molecule has 0 spiro atoms. The second-order valence-corrected chi connectivity index (χ2v) is 7.75. The minimum Gasteiger partial charge on any atom is -0.394 e. The van der Waals surface area contributed by atoms with E-state index in [2.05, 4.69) is 15.0 Å². The molecule has 1 unspecified atom stereocenters. The molecular formula is C18H28N5O7+. The molecule has 8 atom stereocenters. The maximum Gasteiger partial charge on any atom is 0.269 e. The van der Waals surface area contributed by atoms with Gasteiger partial charge in [-0.25, -0.2) is 4.98 Å². The van der Waals surface area contributed by atoms with Gasteiger partial charge in [-0.05, 0) is 6.42 Å². The van der Waals surface area contributed by atoms with E-state index in [-0.39, 0.29) is 29.9 Å². The van der Waals surface area contributed by atoms with Gasteiger partial charge in [0.1, 0.15) is 24.6 Å². The van der Waals surface area contributed by atoms with E-state index >= 15 is 0 Å². The Morgan fingerprint density at radius 2 is 2.00 bits per heavy atom. The Morgan fingerprint density at radius 1 is 1.20 bits per heavy atom. The first-order valence-electron chi connectivity index (χ1n) is 10.0. The van der Waals surface area contributed by atoms with Crippen LogP contribution in [-0.4, -0.2) is 99.5 Å². The number of nitrogens with zero attached hydrogens (tertiary/aromatic N) is 4. The van der Waals surface area contributed by atoms with Crippen LogP contribution in [-0.2, 0) is 14.2 Å². The lowest BCUT2D eigenvalue weighted by Crippen LogP contribution is -2.65. The van der Waals surface area contributed by atoms with Crippen LogP contribution in [0.1, 0.15) is 19.8 Å². The van der Waals surface area contributed by atoms with Crippen molar-refractivity contribution < 1.29 is 34.6 Å². The molecule has 12 nitrogen and oxygen atoms in total. The van der Waals surface area contributed by atoms with Crippen LogP contribution in [0.5, 0.6) is 0 Å². The van der Waals surface area contributed by atoms with Crippen LogP contribution < -0.4 is 10.2 Å². The fraction of sp³-hybridized carbons (Fsp3) is 0.722. The molecule has 166 valence electrons. The summed E-state index contributed by atoms with van der Waals surface area (Å²) in [5, 5.41) is 41.4. The van der Waals surface area contributed by atoms with Crippen molar-refractivity contribution >= 4 is 23.7 Å². The highest BCUT2D eigenvalue weighted by Crippen LogP contribution is 2.47. The van der Waals surface area contributed by atoms with Gasteiger partial charge in [0.2, 0.25) is 18.8 Å². The zero-order valence-electron chi connectivity index (χ0n) is 16.6. The molecule has 1 aromatic heterocycles. The predicted octanol–water partition coefficient (Wildman–Crippen LogP) is -1.62. The maximum atomic E-state index is 10.9. The standard InChI is InChI=1S/C18H28N5O7/c1-2-3-28-6-11-14(26)15(27)18(30-11)23(12-4-9(25)10(5-24)29-12)8-22-13-16(19)20-7-21-17(13)23/h7-12,14-15,18,24-27H,2-6H2,1H3,(H2,19,20,21)/q+1/t9-,10+,11+,12-,14+,15+,18+,23?/m0/s1. The molecule has 30 heavy (non-hydrogen) atoms. The highest BCUT2D eigenvalue weighted by Gasteiger charge is 2.63. The van der Waals surface area contributed by atoms with Gasteiger partial charge in [0.25, 0.3) is 5.82 Å². The van der Waals surface area contributed by atoms with Gasteiger partial charge >= 0.3 is 0 Å². The number of aliphatic imine (C=N–C) groups is 1. The van der Waals surface area contributed by atoms with Gasteiger partial charge in [-0.1, -0.05) is 6.92 Å². The summed E-state index contributed by atoms with van der Waals surface area (Å²) in [5.41, 5.74) is 6.27. The van der Waals surface area contributed by atoms with E-state index in [0.717, 1.165) is 6.42 Å². The highest BCUT2D eigenvalue weighted by atomic mass is 16.6. The minimum absolute atomic E-state index is 0.103. The average molecular weight is 426 g/mol. The van der Waals surface area contributed by atoms with Crippen LogP contribution in [0, 0.1) is 0 Å².